The molecule has 16 heavy (non-hydrogen) atoms. The van der Waals surface area contributed by atoms with Crippen molar-refractivity contribution in [3.63, 3.8) is 0 Å². The Bertz CT molecular complexity index is 385. The normalized spacial score (nSPS) is 17.8. The molecule has 0 fully saturated rings. The second-order valence-corrected chi connectivity index (χ2v) is 4.96. The van der Waals surface area contributed by atoms with Crippen LogP contribution in [0.2, 0.25) is 0 Å². The van der Waals surface area contributed by atoms with Gasteiger partial charge in [-0.25, -0.2) is 0 Å². The molecule has 0 saturated carbocycles. The molecule has 2 unspecified atom stereocenters. The molecule has 0 saturated heterocycles. The fraction of sp³-hybridized carbons (Fsp3) is 0.333. The fourth-order valence-corrected chi connectivity index (χ4v) is 1.75. The van der Waals surface area contributed by atoms with Gasteiger partial charge in [-0.3, -0.25) is 0 Å². The van der Waals surface area contributed by atoms with Crippen LogP contribution in [0.25, 0.3) is 0 Å². The van der Waals surface area contributed by atoms with Crippen LogP contribution >= 0.6 is 7.60 Å². The van der Waals surface area contributed by atoms with Crippen molar-refractivity contribution in [2.75, 3.05) is 6.66 Å². The maximum Gasteiger partial charge on any atom is 0.419 e. The van der Waals surface area contributed by atoms with Gasteiger partial charge in [-0.05, 0) is 5.56 Å². The van der Waals surface area contributed by atoms with Crippen LogP contribution in [0.5, 0.6) is 0 Å². The highest BCUT2D eigenvalue weighted by atomic mass is 31.2. The van der Waals surface area contributed by atoms with Crippen molar-refractivity contribution in [1.82, 2.24) is 0 Å². The van der Waals surface area contributed by atoms with Crippen LogP contribution in [0.3, 0.4) is 0 Å². The lowest BCUT2D eigenvalue weighted by molar-refractivity contribution is -0.239. The van der Waals surface area contributed by atoms with Crippen LogP contribution in [0.1, 0.15) is 11.7 Å². The van der Waals surface area contributed by atoms with Gasteiger partial charge < -0.3 is 14.0 Å². The van der Waals surface area contributed by atoms with E-state index in [-0.39, 0.29) is 5.56 Å². The minimum Gasteiger partial charge on any atom is -0.779 e. The van der Waals surface area contributed by atoms with E-state index in [0.29, 0.717) is 6.66 Å². The molecule has 0 aliphatic rings. The molecule has 0 N–H and O–H groups in total. The Hall–Kier alpha value is -0.840. The number of hydrogen-bond acceptors (Lipinski definition) is 3. The van der Waals surface area contributed by atoms with Gasteiger partial charge in [0.25, 0.3) is 0 Å². The number of alkyl halides is 3. The molecule has 90 valence electrons. The third-order valence-corrected chi connectivity index (χ3v) is 2.29. The molecule has 0 radical (unpaired) electrons. The zero-order valence-electron chi connectivity index (χ0n) is 8.27. The van der Waals surface area contributed by atoms with Gasteiger partial charge in [0.1, 0.15) is 7.60 Å². The molecular weight excluding hydrogens is 244 g/mol. The van der Waals surface area contributed by atoms with Crippen LogP contribution in [0.15, 0.2) is 30.3 Å². The number of benzene rings is 1. The molecule has 1 rings (SSSR count). The van der Waals surface area contributed by atoms with E-state index in [1.54, 1.807) is 0 Å². The van der Waals surface area contributed by atoms with E-state index in [1.165, 1.54) is 18.2 Å². The maximum absolute atomic E-state index is 12.6. The summed E-state index contributed by atoms with van der Waals surface area (Å²) in [6.07, 6.45) is -7.21. The molecule has 0 bridgehead atoms. The molecular formula is C9H9F3O3P-. The van der Waals surface area contributed by atoms with Gasteiger partial charge in [0.05, 0.1) is 0 Å². The molecule has 1 aromatic carbocycles. The Morgan fingerprint density at radius 2 is 1.81 bits per heavy atom. The molecule has 7 heteroatoms. The first-order valence-corrected chi connectivity index (χ1v) is 6.28. The van der Waals surface area contributed by atoms with Gasteiger partial charge in [0.2, 0.25) is 0 Å². The Morgan fingerprint density at radius 3 is 2.19 bits per heavy atom. The Kier molecular flexibility index (Phi) is 3.78. The lowest BCUT2D eigenvalue weighted by Crippen LogP contribution is -2.24. The SMILES string of the molecule is CP(=O)([O-])OC(c1ccccc1)C(F)(F)F. The second-order valence-electron chi connectivity index (χ2n) is 3.21. The van der Waals surface area contributed by atoms with Gasteiger partial charge in [0, 0.05) is 6.66 Å². The number of halogens is 3. The molecule has 0 heterocycles. The van der Waals surface area contributed by atoms with Crippen molar-refractivity contribution in [2.45, 2.75) is 12.3 Å². The van der Waals surface area contributed by atoms with Gasteiger partial charge in [0.15, 0.2) is 6.10 Å². The fourth-order valence-electron chi connectivity index (χ4n) is 1.13. The molecule has 1 aromatic rings. The average molecular weight is 253 g/mol. The highest BCUT2D eigenvalue weighted by Crippen LogP contribution is 2.46. The highest BCUT2D eigenvalue weighted by Gasteiger charge is 2.43. The van der Waals surface area contributed by atoms with Crippen LogP contribution in [0.4, 0.5) is 13.2 Å². The first-order valence-electron chi connectivity index (χ1n) is 4.29. The van der Waals surface area contributed by atoms with Crippen molar-refractivity contribution in [1.29, 1.82) is 0 Å². The smallest absolute Gasteiger partial charge is 0.419 e. The summed E-state index contributed by atoms with van der Waals surface area (Å²) < 4.78 is 52.5. The molecule has 2 atom stereocenters. The number of hydrogen-bond donors (Lipinski definition) is 0. The minimum absolute atomic E-state index is 0.243. The second kappa shape index (κ2) is 4.57. The van der Waals surface area contributed by atoms with E-state index in [2.05, 4.69) is 4.52 Å². The quantitative estimate of drug-likeness (QED) is 0.777. The summed E-state index contributed by atoms with van der Waals surface area (Å²) in [4.78, 5) is 10.8. The predicted octanol–water partition coefficient (Wildman–Crippen LogP) is 2.49. The zero-order chi connectivity index (χ0) is 12.4. The van der Waals surface area contributed by atoms with Crippen LogP contribution in [-0.2, 0) is 9.09 Å². The molecule has 0 amide bonds. The van der Waals surface area contributed by atoms with Crippen LogP contribution in [0, 0.1) is 0 Å². The average Bonchev–Trinajstić information content (AvgIpc) is 2.13. The summed E-state index contributed by atoms with van der Waals surface area (Å²) >= 11 is 0. The predicted molar refractivity (Wildman–Crippen MR) is 49.9 cm³/mol. The van der Waals surface area contributed by atoms with E-state index in [9.17, 15) is 22.6 Å². The summed E-state index contributed by atoms with van der Waals surface area (Å²) in [5, 5.41) is 0. The van der Waals surface area contributed by atoms with Crippen molar-refractivity contribution in [3.8, 4) is 0 Å². The summed E-state index contributed by atoms with van der Waals surface area (Å²) in [5.74, 6) is 0. The molecule has 0 spiro atoms. The van der Waals surface area contributed by atoms with Crippen molar-refractivity contribution in [2.24, 2.45) is 0 Å². The Balaban J connectivity index is 3.03. The van der Waals surface area contributed by atoms with Crippen molar-refractivity contribution >= 4 is 7.60 Å². The number of rotatable bonds is 3. The summed E-state index contributed by atoms with van der Waals surface area (Å²) in [7, 11) is -4.45. The van der Waals surface area contributed by atoms with Crippen molar-refractivity contribution in [3.05, 3.63) is 35.9 Å². The van der Waals surface area contributed by atoms with E-state index in [0.717, 1.165) is 12.1 Å². The monoisotopic (exact) mass is 253 g/mol. The first-order chi connectivity index (χ1) is 7.20. The largest absolute Gasteiger partial charge is 0.779 e. The topological polar surface area (TPSA) is 49.4 Å². The maximum atomic E-state index is 12.6. The van der Waals surface area contributed by atoms with Gasteiger partial charge in [-0.1, -0.05) is 30.3 Å². The summed E-state index contributed by atoms with van der Waals surface area (Å²) in [5.41, 5.74) is -0.243. The third kappa shape index (κ3) is 3.96. The zero-order valence-corrected chi connectivity index (χ0v) is 9.16. The van der Waals surface area contributed by atoms with Gasteiger partial charge in [-0.2, -0.15) is 13.2 Å². The van der Waals surface area contributed by atoms with Crippen LogP contribution < -0.4 is 4.89 Å². The van der Waals surface area contributed by atoms with Crippen molar-refractivity contribution < 1.29 is 27.2 Å². The lowest BCUT2D eigenvalue weighted by atomic mass is 10.1. The van der Waals surface area contributed by atoms with E-state index in [4.69, 9.17) is 0 Å². The van der Waals surface area contributed by atoms with E-state index < -0.39 is 19.9 Å². The standard InChI is InChI=1S/C9H10F3O3P/c1-16(13,14)15-8(9(10,11)12)7-5-3-2-4-6-7/h2-6,8H,1H3,(H,13,14)/p-1. The van der Waals surface area contributed by atoms with E-state index >= 15 is 0 Å². The van der Waals surface area contributed by atoms with Gasteiger partial charge >= 0.3 is 6.18 Å². The molecule has 0 aliphatic heterocycles. The summed E-state index contributed by atoms with van der Waals surface area (Å²) in [6.45, 7) is 0.606. The van der Waals surface area contributed by atoms with Gasteiger partial charge in [-0.15, -0.1) is 0 Å². The summed E-state index contributed by atoms with van der Waals surface area (Å²) in [6, 6.07) is 6.60. The highest BCUT2D eigenvalue weighted by molar-refractivity contribution is 7.50. The first kappa shape index (κ1) is 13.2. The molecule has 0 aromatic heterocycles. The Labute approximate surface area is 90.4 Å². The Morgan fingerprint density at radius 1 is 1.31 bits per heavy atom. The van der Waals surface area contributed by atoms with E-state index in [1.807, 2.05) is 0 Å². The molecule has 0 aliphatic carbocycles. The lowest BCUT2D eigenvalue weighted by Gasteiger charge is -2.27. The minimum atomic E-state index is -4.77. The van der Waals surface area contributed by atoms with Crippen LogP contribution in [-0.4, -0.2) is 12.8 Å². The molecule has 3 nitrogen and oxygen atoms in total. The third-order valence-electron chi connectivity index (χ3n) is 1.70.